The molecule has 7 heteroatoms. The van der Waals surface area contributed by atoms with Crippen molar-refractivity contribution in [1.82, 2.24) is 14.7 Å². The van der Waals surface area contributed by atoms with E-state index in [1.165, 1.54) is 0 Å². The molecule has 5 nitrogen and oxygen atoms in total. The molecule has 3 aliphatic heterocycles. The molecule has 3 fully saturated rings. The minimum Gasteiger partial charge on any atom is -0.367 e. The lowest BCUT2D eigenvalue weighted by Gasteiger charge is -2.48. The Morgan fingerprint density at radius 2 is 1.74 bits per heavy atom. The number of alkyl halides is 2. The second-order valence-corrected chi connectivity index (χ2v) is 6.92. The number of hydrogen-bond donors (Lipinski definition) is 0. The summed E-state index contributed by atoms with van der Waals surface area (Å²) in [4.78, 5) is 22.3. The highest BCUT2D eigenvalue weighted by atomic mass is 19.3. The summed E-state index contributed by atoms with van der Waals surface area (Å²) in [5, 5.41) is 0. The smallest absolute Gasteiger partial charge is 0.320 e. The van der Waals surface area contributed by atoms with E-state index < -0.39 is 11.8 Å². The van der Waals surface area contributed by atoms with Crippen LogP contribution >= 0.6 is 0 Å². The van der Waals surface area contributed by atoms with Gasteiger partial charge in [0.25, 0.3) is 5.92 Å². The molecular weight excluding hydrogens is 302 g/mol. The summed E-state index contributed by atoms with van der Waals surface area (Å²) < 4.78 is 26.5. The van der Waals surface area contributed by atoms with Crippen LogP contribution in [0.3, 0.4) is 0 Å². The van der Waals surface area contributed by atoms with Crippen molar-refractivity contribution >= 4 is 12.2 Å². The fraction of sp³-hybridized carbons (Fsp3) is 0.750. The van der Waals surface area contributed by atoms with Crippen LogP contribution in [-0.4, -0.2) is 78.2 Å². The molecule has 2 atom stereocenters. The van der Waals surface area contributed by atoms with Crippen LogP contribution in [-0.2, 0) is 0 Å². The zero-order valence-electron chi connectivity index (χ0n) is 13.7. The van der Waals surface area contributed by atoms with E-state index >= 15 is 0 Å². The first kappa shape index (κ1) is 16.2. The summed E-state index contributed by atoms with van der Waals surface area (Å²) in [5.74, 6) is -3.41. The van der Waals surface area contributed by atoms with E-state index in [1.54, 1.807) is 18.2 Å². The van der Waals surface area contributed by atoms with Crippen molar-refractivity contribution in [1.29, 1.82) is 0 Å². The second kappa shape index (κ2) is 5.76. The summed E-state index contributed by atoms with van der Waals surface area (Å²) in [6.07, 6.45) is 3.66. The Morgan fingerprint density at radius 3 is 2.22 bits per heavy atom. The predicted octanol–water partition coefficient (Wildman–Crippen LogP) is 2.06. The molecule has 0 aliphatic carbocycles. The average molecular weight is 326 g/mol. The van der Waals surface area contributed by atoms with Gasteiger partial charge in [-0.15, -0.1) is 0 Å². The zero-order valence-corrected chi connectivity index (χ0v) is 13.7. The lowest BCUT2D eigenvalue weighted by atomic mass is 9.94. The molecule has 0 aromatic carbocycles. The van der Waals surface area contributed by atoms with Gasteiger partial charge in [0.2, 0.25) is 0 Å². The molecule has 0 saturated carbocycles. The number of nitrogens with zero attached hydrogens (tertiary/aromatic N) is 4. The Labute approximate surface area is 135 Å². The molecule has 128 valence electrons. The van der Waals surface area contributed by atoms with Crippen LogP contribution in [0.1, 0.15) is 19.8 Å². The van der Waals surface area contributed by atoms with E-state index in [0.29, 0.717) is 0 Å². The van der Waals surface area contributed by atoms with E-state index in [0.717, 1.165) is 38.6 Å². The van der Waals surface area contributed by atoms with E-state index in [-0.39, 0.29) is 31.2 Å². The Bertz CT molecular complexity index is 511. The molecule has 2 unspecified atom stereocenters. The Balaban J connectivity index is 1.61. The molecule has 2 bridgehead atoms. The van der Waals surface area contributed by atoms with Crippen molar-refractivity contribution in [2.24, 2.45) is 10.9 Å². The van der Waals surface area contributed by atoms with Crippen molar-refractivity contribution < 1.29 is 13.6 Å². The van der Waals surface area contributed by atoms with Gasteiger partial charge in [0.05, 0.1) is 18.0 Å². The van der Waals surface area contributed by atoms with Gasteiger partial charge in [0, 0.05) is 45.1 Å². The second-order valence-electron chi connectivity index (χ2n) is 6.92. The number of rotatable bonds is 3. The number of allylic oxidation sites excluding steroid dienone is 1. The van der Waals surface area contributed by atoms with Crippen molar-refractivity contribution in [2.45, 2.75) is 37.8 Å². The molecule has 0 radical (unpaired) electrons. The average Bonchev–Trinajstić information content (AvgIpc) is 2.66. The van der Waals surface area contributed by atoms with Gasteiger partial charge in [-0.1, -0.05) is 6.58 Å². The minimum atomic E-state index is -2.70. The van der Waals surface area contributed by atoms with Crippen molar-refractivity contribution in [3.8, 4) is 0 Å². The normalized spacial score (nSPS) is 28.4. The van der Waals surface area contributed by atoms with Crippen LogP contribution in [0.2, 0.25) is 0 Å². The standard InChI is InChI=1S/C16H24F2N4O/c1-11(6-19-3)20-9-13-4-5-14(10-20)22(13)15(23)21-7-12(8-21)16(2,17)18/h6,12-14H,1,4-5,7-10H2,2-3H3. The van der Waals surface area contributed by atoms with Gasteiger partial charge >= 0.3 is 6.03 Å². The Kier molecular flexibility index (Phi) is 4.06. The van der Waals surface area contributed by atoms with Crippen LogP contribution in [0.4, 0.5) is 13.6 Å². The molecule has 2 amide bonds. The number of likely N-dealkylation sites (tertiary alicyclic amines) is 2. The van der Waals surface area contributed by atoms with E-state index in [4.69, 9.17) is 0 Å². The van der Waals surface area contributed by atoms with Crippen molar-refractivity contribution in [3.05, 3.63) is 12.3 Å². The number of amides is 2. The van der Waals surface area contributed by atoms with Crippen LogP contribution in [0, 0.1) is 5.92 Å². The molecule has 0 aromatic heterocycles. The Hall–Kier alpha value is -1.66. The number of fused-ring (bicyclic) bond motifs is 2. The number of carbonyl (C=O) groups is 1. The fourth-order valence-corrected chi connectivity index (χ4v) is 3.80. The quantitative estimate of drug-likeness (QED) is 0.745. The van der Waals surface area contributed by atoms with Gasteiger partial charge in [-0.2, -0.15) is 0 Å². The third-order valence-corrected chi connectivity index (χ3v) is 5.26. The lowest BCUT2D eigenvalue weighted by molar-refractivity contribution is -0.0947. The third kappa shape index (κ3) is 2.93. The van der Waals surface area contributed by atoms with Crippen LogP contribution in [0.25, 0.3) is 0 Å². The number of halogens is 2. The van der Waals surface area contributed by atoms with Gasteiger partial charge in [0.1, 0.15) is 0 Å². The van der Waals surface area contributed by atoms with Crippen LogP contribution < -0.4 is 0 Å². The maximum absolute atomic E-state index is 13.2. The highest BCUT2D eigenvalue weighted by Crippen LogP contribution is 2.36. The van der Waals surface area contributed by atoms with Gasteiger partial charge in [-0.3, -0.25) is 4.99 Å². The molecule has 23 heavy (non-hydrogen) atoms. The molecular formula is C16H24F2N4O. The summed E-state index contributed by atoms with van der Waals surface area (Å²) in [7, 11) is 1.71. The zero-order chi connectivity index (χ0) is 16.8. The molecule has 0 aromatic rings. The number of carbonyl (C=O) groups excluding carboxylic acids is 1. The van der Waals surface area contributed by atoms with Gasteiger partial charge < -0.3 is 14.7 Å². The SMILES string of the molecule is C=C(C=NC)N1CC2CCC(C1)N2C(=O)N1CC(C(C)(F)F)C1. The highest BCUT2D eigenvalue weighted by Gasteiger charge is 2.49. The largest absolute Gasteiger partial charge is 0.367 e. The van der Waals surface area contributed by atoms with Gasteiger partial charge in [-0.25, -0.2) is 13.6 Å². The highest BCUT2D eigenvalue weighted by molar-refractivity contribution is 5.78. The Morgan fingerprint density at radius 1 is 1.17 bits per heavy atom. The molecule has 0 spiro atoms. The lowest BCUT2D eigenvalue weighted by Crippen LogP contribution is -2.64. The minimum absolute atomic E-state index is 0.0765. The maximum atomic E-state index is 13.2. The van der Waals surface area contributed by atoms with E-state index in [1.807, 2.05) is 4.90 Å². The molecule has 3 rings (SSSR count). The number of urea groups is 1. The third-order valence-electron chi connectivity index (χ3n) is 5.26. The van der Waals surface area contributed by atoms with E-state index in [2.05, 4.69) is 16.5 Å². The van der Waals surface area contributed by atoms with Gasteiger partial charge in [0.15, 0.2) is 0 Å². The van der Waals surface area contributed by atoms with Gasteiger partial charge in [-0.05, 0) is 19.8 Å². The van der Waals surface area contributed by atoms with Crippen LogP contribution in [0.5, 0.6) is 0 Å². The first-order valence-electron chi connectivity index (χ1n) is 8.12. The summed E-state index contributed by atoms with van der Waals surface area (Å²) >= 11 is 0. The number of aliphatic imine (C=N–C) groups is 1. The van der Waals surface area contributed by atoms with Crippen molar-refractivity contribution in [3.63, 3.8) is 0 Å². The maximum Gasteiger partial charge on any atom is 0.320 e. The summed E-state index contributed by atoms with van der Waals surface area (Å²) in [5.41, 5.74) is 0.867. The molecule has 3 saturated heterocycles. The van der Waals surface area contributed by atoms with E-state index in [9.17, 15) is 13.6 Å². The fourth-order valence-electron chi connectivity index (χ4n) is 3.80. The topological polar surface area (TPSA) is 39.1 Å². The number of piperazine rings is 1. The van der Waals surface area contributed by atoms with Crippen LogP contribution in [0.15, 0.2) is 17.3 Å². The first-order chi connectivity index (χ1) is 10.8. The summed E-state index contributed by atoms with van der Waals surface area (Å²) in [6.45, 7) is 6.76. The molecule has 3 aliphatic rings. The summed E-state index contributed by atoms with van der Waals surface area (Å²) in [6, 6.07) is 0.210. The first-order valence-corrected chi connectivity index (χ1v) is 8.12. The number of hydrogen-bond acceptors (Lipinski definition) is 3. The monoisotopic (exact) mass is 326 g/mol. The molecule has 3 heterocycles. The van der Waals surface area contributed by atoms with Crippen molar-refractivity contribution in [2.75, 3.05) is 33.2 Å². The predicted molar refractivity (Wildman–Crippen MR) is 84.9 cm³/mol. The molecule has 0 N–H and O–H groups in total.